The molecule has 2 fully saturated rings. The van der Waals surface area contributed by atoms with Gasteiger partial charge < -0.3 is 39.9 Å². The number of amides is 4. The molecule has 0 radical (unpaired) electrons. The first-order chi connectivity index (χ1) is 27.5. The largest absolute Gasteiger partial charge is 0.453 e. The second-order valence-electron chi connectivity index (χ2n) is 15.4. The van der Waals surface area contributed by atoms with Crippen LogP contribution in [0.25, 0.3) is 43.7 Å². The van der Waals surface area contributed by atoms with Gasteiger partial charge in [-0.3, -0.25) is 9.59 Å². The van der Waals surface area contributed by atoms with E-state index in [0.29, 0.717) is 13.1 Å². The van der Waals surface area contributed by atoms with Gasteiger partial charge >= 0.3 is 12.2 Å². The van der Waals surface area contributed by atoms with E-state index in [1.807, 2.05) is 49.9 Å². The first-order valence-corrected chi connectivity index (χ1v) is 20.4. The summed E-state index contributed by atoms with van der Waals surface area (Å²) >= 11 is 1.68. The van der Waals surface area contributed by atoms with Crippen molar-refractivity contribution in [2.75, 3.05) is 27.3 Å². The molecule has 14 nitrogen and oxygen atoms in total. The van der Waals surface area contributed by atoms with Gasteiger partial charge in [-0.25, -0.2) is 19.6 Å². The molecule has 0 saturated carbocycles. The lowest BCUT2D eigenvalue weighted by Gasteiger charge is -2.30. The van der Waals surface area contributed by atoms with E-state index in [4.69, 9.17) is 19.4 Å². The average molecular weight is 795 g/mol. The van der Waals surface area contributed by atoms with E-state index >= 15 is 0 Å². The number of benzene rings is 2. The summed E-state index contributed by atoms with van der Waals surface area (Å²) in [4.78, 5) is 71.3. The van der Waals surface area contributed by atoms with Gasteiger partial charge in [-0.2, -0.15) is 0 Å². The van der Waals surface area contributed by atoms with Crippen LogP contribution < -0.4 is 10.6 Å². The minimum absolute atomic E-state index is 0.108. The van der Waals surface area contributed by atoms with Crippen molar-refractivity contribution in [3.05, 3.63) is 71.9 Å². The van der Waals surface area contributed by atoms with E-state index in [0.717, 1.165) is 81.1 Å². The van der Waals surface area contributed by atoms with Crippen molar-refractivity contribution in [1.82, 2.24) is 40.4 Å². The van der Waals surface area contributed by atoms with Crippen molar-refractivity contribution >= 4 is 45.4 Å². The topological polar surface area (TPSA) is 175 Å². The number of alkyl carbamates (subject to hydrolysis) is 2. The van der Waals surface area contributed by atoms with Gasteiger partial charge in [-0.15, -0.1) is 11.3 Å². The fourth-order valence-electron chi connectivity index (χ4n) is 8.03. The van der Waals surface area contributed by atoms with Crippen LogP contribution in [0.5, 0.6) is 0 Å². The Morgan fingerprint density at radius 2 is 1.19 bits per heavy atom. The molecule has 15 heteroatoms. The maximum absolute atomic E-state index is 13.7. The Labute approximate surface area is 335 Å². The van der Waals surface area contributed by atoms with E-state index in [9.17, 15) is 19.2 Å². The number of rotatable bonds is 11. The SMILES string of the molecule is COC(=O)NC(C(=O)N1CCCC1c1ncc(-c2ccc(-c3ccc(-c4cnc(C5CCCN5C(=O)C(NC(=O)OC)C(C)C)[nH]4)c4ccsc34)cc2)[nH]1)C(C)C. The molecule has 4 unspecified atom stereocenters. The molecule has 0 spiro atoms. The molecule has 0 bridgehead atoms. The fourth-order valence-corrected chi connectivity index (χ4v) is 8.99. The first-order valence-electron chi connectivity index (χ1n) is 19.5. The van der Waals surface area contributed by atoms with Crippen LogP contribution in [0.3, 0.4) is 0 Å². The van der Waals surface area contributed by atoms with Gasteiger partial charge in [0, 0.05) is 28.7 Å². The predicted molar refractivity (Wildman–Crippen MR) is 218 cm³/mol. The van der Waals surface area contributed by atoms with Gasteiger partial charge in [-0.05, 0) is 65.7 Å². The number of H-pyrrole nitrogens is 2. The van der Waals surface area contributed by atoms with E-state index < -0.39 is 24.3 Å². The monoisotopic (exact) mass is 794 g/mol. The van der Waals surface area contributed by atoms with Crippen LogP contribution in [0.2, 0.25) is 0 Å². The Morgan fingerprint density at radius 1 is 0.702 bits per heavy atom. The summed E-state index contributed by atoms with van der Waals surface area (Å²) in [6.45, 7) is 8.80. The number of carbonyl (C=O) groups excluding carboxylic acids is 4. The third-order valence-corrected chi connectivity index (χ3v) is 12.0. The summed E-state index contributed by atoms with van der Waals surface area (Å²) in [5.74, 6) is 0.947. The van der Waals surface area contributed by atoms with Crippen LogP contribution in [0.1, 0.15) is 77.1 Å². The Hall–Kier alpha value is -5.70. The molecular weight excluding hydrogens is 745 g/mol. The van der Waals surface area contributed by atoms with Crippen LogP contribution in [-0.4, -0.2) is 93.1 Å². The van der Waals surface area contributed by atoms with Gasteiger partial charge in [0.15, 0.2) is 0 Å². The molecule has 57 heavy (non-hydrogen) atoms. The van der Waals surface area contributed by atoms with Crippen molar-refractivity contribution in [3.8, 4) is 33.6 Å². The zero-order chi connectivity index (χ0) is 40.4. The van der Waals surface area contributed by atoms with Gasteiger partial charge in [0.05, 0.1) is 50.1 Å². The van der Waals surface area contributed by atoms with Crippen molar-refractivity contribution in [3.63, 3.8) is 0 Å². The Bertz CT molecular complexity index is 2240. The lowest BCUT2D eigenvalue weighted by Crippen LogP contribution is -2.51. The Morgan fingerprint density at radius 3 is 1.72 bits per heavy atom. The predicted octanol–water partition coefficient (Wildman–Crippen LogP) is 7.44. The van der Waals surface area contributed by atoms with Gasteiger partial charge in [0.2, 0.25) is 11.8 Å². The van der Waals surface area contributed by atoms with Crippen LogP contribution in [0, 0.1) is 11.8 Å². The first kappa shape index (κ1) is 39.5. The molecule has 4 atom stereocenters. The lowest BCUT2D eigenvalue weighted by atomic mass is 9.98. The number of ether oxygens (including phenoxy) is 2. The summed E-state index contributed by atoms with van der Waals surface area (Å²) in [6.07, 6.45) is 5.64. The second kappa shape index (κ2) is 16.8. The number of nitrogens with zero attached hydrogens (tertiary/aromatic N) is 4. The summed E-state index contributed by atoms with van der Waals surface area (Å²) in [5, 5.41) is 8.61. The molecule has 300 valence electrons. The number of imidazole rings is 2. The van der Waals surface area contributed by atoms with Gasteiger partial charge in [0.1, 0.15) is 23.7 Å². The number of likely N-dealkylation sites (tertiary alicyclic amines) is 2. The maximum Gasteiger partial charge on any atom is 0.407 e. The smallest absolute Gasteiger partial charge is 0.407 e. The van der Waals surface area contributed by atoms with Crippen molar-refractivity contribution in [2.24, 2.45) is 11.8 Å². The Kier molecular flexibility index (Phi) is 11.7. The quantitative estimate of drug-likeness (QED) is 0.107. The minimum Gasteiger partial charge on any atom is -0.453 e. The van der Waals surface area contributed by atoms with E-state index in [-0.39, 0.29) is 35.7 Å². The second-order valence-corrected chi connectivity index (χ2v) is 16.3. The maximum atomic E-state index is 13.7. The van der Waals surface area contributed by atoms with E-state index in [1.165, 1.54) is 14.2 Å². The molecule has 5 aromatic rings. The summed E-state index contributed by atoms with van der Waals surface area (Å²) < 4.78 is 10.7. The highest BCUT2D eigenvalue weighted by molar-refractivity contribution is 7.17. The number of aromatic amines is 2. The number of methoxy groups -OCH3 is 2. The summed E-state index contributed by atoms with van der Waals surface area (Å²) in [6, 6.07) is 12.9. The van der Waals surface area contributed by atoms with Crippen molar-refractivity contribution < 1.29 is 28.7 Å². The molecule has 4 amide bonds. The molecule has 5 heterocycles. The minimum atomic E-state index is -0.696. The molecule has 7 rings (SSSR count). The van der Waals surface area contributed by atoms with Crippen molar-refractivity contribution in [2.45, 2.75) is 77.5 Å². The molecule has 2 aromatic carbocycles. The highest BCUT2D eigenvalue weighted by atomic mass is 32.1. The van der Waals surface area contributed by atoms with Crippen LogP contribution >= 0.6 is 11.3 Å². The van der Waals surface area contributed by atoms with Crippen LogP contribution in [0.4, 0.5) is 9.59 Å². The Balaban J connectivity index is 1.07. The third kappa shape index (κ3) is 7.98. The number of nitrogens with one attached hydrogen (secondary N) is 4. The molecular formula is C42H50N8O6S. The van der Waals surface area contributed by atoms with E-state index in [1.54, 1.807) is 11.3 Å². The highest BCUT2D eigenvalue weighted by Gasteiger charge is 2.39. The third-order valence-electron chi connectivity index (χ3n) is 11.1. The van der Waals surface area contributed by atoms with E-state index in [2.05, 4.69) is 68.4 Å². The molecule has 3 aromatic heterocycles. The molecule has 4 N–H and O–H groups in total. The number of hydrogen-bond donors (Lipinski definition) is 4. The van der Waals surface area contributed by atoms with Gasteiger partial charge in [-0.1, -0.05) is 64.1 Å². The average Bonchev–Trinajstić information content (AvgIpc) is 4.07. The molecule has 2 saturated heterocycles. The molecule has 0 aliphatic carbocycles. The summed E-state index contributed by atoms with van der Waals surface area (Å²) in [7, 11) is 2.58. The van der Waals surface area contributed by atoms with Crippen LogP contribution in [-0.2, 0) is 19.1 Å². The number of fused-ring (bicyclic) bond motifs is 1. The van der Waals surface area contributed by atoms with Gasteiger partial charge in [0.25, 0.3) is 0 Å². The standard InChI is InChI=1S/C42H50N8O6S/c1-23(2)34(47-41(53)55-5)39(51)49-18-7-9-32(49)37-43-21-30(45-37)26-13-11-25(12-14-26)27-15-16-28(29-17-20-57-36(27)29)31-22-44-38(46-31)33-10-8-19-50(33)40(52)35(24(3)4)48-42(54)56-6/h11-17,20-24,32-35H,7-10,18-19H2,1-6H3,(H,43,45)(H,44,46)(H,47,53)(H,48,54). The number of thiophene rings is 1. The zero-order valence-electron chi connectivity index (χ0n) is 33.1. The lowest BCUT2D eigenvalue weighted by molar-refractivity contribution is -0.136. The highest BCUT2D eigenvalue weighted by Crippen LogP contribution is 2.40. The van der Waals surface area contributed by atoms with Crippen molar-refractivity contribution in [1.29, 1.82) is 0 Å². The molecule has 2 aliphatic heterocycles. The molecule has 2 aliphatic rings. The number of carbonyl (C=O) groups is 4. The fraction of sp³-hybridized carbons (Fsp3) is 0.429. The van der Waals surface area contributed by atoms with Crippen LogP contribution in [0.15, 0.2) is 60.2 Å². The number of hydrogen-bond acceptors (Lipinski definition) is 9. The number of aromatic nitrogens is 4. The summed E-state index contributed by atoms with van der Waals surface area (Å²) in [5.41, 5.74) is 5.93. The zero-order valence-corrected chi connectivity index (χ0v) is 33.9. The normalized spacial score (nSPS) is 18.0.